The molecule has 0 aromatic carbocycles. The van der Waals surface area contributed by atoms with Gasteiger partial charge in [-0.3, -0.25) is 15.2 Å². The smallest absolute Gasteiger partial charge is 0.0771 e. The molecule has 17 heavy (non-hydrogen) atoms. The van der Waals surface area contributed by atoms with Gasteiger partial charge in [-0.25, -0.2) is 5.43 Å². The average Bonchev–Trinajstić information content (AvgIpc) is 2.91. The Bertz CT molecular complexity index is 472. The van der Waals surface area contributed by atoms with Crippen molar-refractivity contribution in [3.8, 4) is 0 Å². The fraction of sp³-hybridized carbons (Fsp3) is 0.455. The fourth-order valence-electron chi connectivity index (χ4n) is 1.85. The molecule has 2 heterocycles. The van der Waals surface area contributed by atoms with E-state index in [0.717, 1.165) is 24.1 Å². The summed E-state index contributed by atoms with van der Waals surface area (Å²) < 4.78 is 3.69. The van der Waals surface area contributed by atoms with E-state index >= 15 is 0 Å². The molecule has 2 aromatic heterocycles. The van der Waals surface area contributed by atoms with Crippen molar-refractivity contribution in [3.05, 3.63) is 35.9 Å². The van der Waals surface area contributed by atoms with Crippen molar-refractivity contribution in [2.24, 2.45) is 12.9 Å². The molecule has 6 nitrogen and oxygen atoms in total. The Morgan fingerprint density at radius 2 is 2.00 bits per heavy atom. The lowest BCUT2D eigenvalue weighted by molar-refractivity contribution is 0.598. The maximum atomic E-state index is 5.61. The van der Waals surface area contributed by atoms with Gasteiger partial charge in [-0.05, 0) is 6.42 Å². The van der Waals surface area contributed by atoms with E-state index in [1.165, 1.54) is 0 Å². The molecule has 0 aliphatic carbocycles. The van der Waals surface area contributed by atoms with Crippen molar-refractivity contribution in [1.82, 2.24) is 25.0 Å². The zero-order valence-electron chi connectivity index (χ0n) is 10.2. The van der Waals surface area contributed by atoms with E-state index in [2.05, 4.69) is 22.5 Å². The highest BCUT2D eigenvalue weighted by molar-refractivity contribution is 5.25. The number of hydrogen-bond acceptors (Lipinski definition) is 4. The third kappa shape index (κ3) is 2.54. The number of rotatable bonds is 5. The van der Waals surface area contributed by atoms with Gasteiger partial charge in [-0.15, -0.1) is 0 Å². The van der Waals surface area contributed by atoms with E-state index in [9.17, 15) is 0 Å². The van der Waals surface area contributed by atoms with Gasteiger partial charge in [0.05, 0.1) is 18.4 Å². The lowest BCUT2D eigenvalue weighted by atomic mass is 10.1. The minimum absolute atomic E-state index is 0.0608. The first-order chi connectivity index (χ1) is 8.24. The highest BCUT2D eigenvalue weighted by Gasteiger charge is 2.15. The molecule has 0 fully saturated rings. The molecule has 0 bridgehead atoms. The maximum absolute atomic E-state index is 5.61. The minimum Gasteiger partial charge on any atom is -0.275 e. The van der Waals surface area contributed by atoms with E-state index in [-0.39, 0.29) is 6.04 Å². The quantitative estimate of drug-likeness (QED) is 0.586. The monoisotopic (exact) mass is 234 g/mol. The average molecular weight is 234 g/mol. The summed E-state index contributed by atoms with van der Waals surface area (Å²) in [5, 5.41) is 8.45. The largest absolute Gasteiger partial charge is 0.275 e. The van der Waals surface area contributed by atoms with Crippen LogP contribution in [0.3, 0.4) is 0 Å². The third-order valence-corrected chi connectivity index (χ3v) is 2.66. The summed E-state index contributed by atoms with van der Waals surface area (Å²) in [5.74, 6) is 5.61. The van der Waals surface area contributed by atoms with Crippen molar-refractivity contribution in [2.45, 2.75) is 25.9 Å². The second-order valence-electron chi connectivity index (χ2n) is 4.08. The van der Waals surface area contributed by atoms with Gasteiger partial charge in [0.15, 0.2) is 0 Å². The van der Waals surface area contributed by atoms with Crippen LogP contribution in [-0.4, -0.2) is 19.6 Å². The van der Waals surface area contributed by atoms with Crippen molar-refractivity contribution < 1.29 is 0 Å². The molecular formula is C11H18N6. The highest BCUT2D eigenvalue weighted by atomic mass is 15.3. The number of aryl methyl sites for hydroxylation is 2. The third-order valence-electron chi connectivity index (χ3n) is 2.66. The van der Waals surface area contributed by atoms with Crippen LogP contribution in [0.1, 0.15) is 30.5 Å². The molecule has 1 unspecified atom stereocenters. The molecule has 0 amide bonds. The van der Waals surface area contributed by atoms with Gasteiger partial charge >= 0.3 is 0 Å². The molecule has 1 atom stereocenters. The van der Waals surface area contributed by atoms with E-state index in [1.807, 2.05) is 36.5 Å². The molecule has 92 valence electrons. The van der Waals surface area contributed by atoms with Crippen LogP contribution in [0.4, 0.5) is 0 Å². The zero-order chi connectivity index (χ0) is 12.3. The lowest BCUT2D eigenvalue weighted by Gasteiger charge is -2.11. The molecule has 0 saturated carbocycles. The van der Waals surface area contributed by atoms with Crippen LogP contribution in [0.15, 0.2) is 24.8 Å². The van der Waals surface area contributed by atoms with Crippen molar-refractivity contribution in [3.63, 3.8) is 0 Å². The van der Waals surface area contributed by atoms with Gasteiger partial charge in [-0.1, -0.05) is 6.92 Å². The summed E-state index contributed by atoms with van der Waals surface area (Å²) >= 11 is 0. The van der Waals surface area contributed by atoms with Crippen LogP contribution in [0.25, 0.3) is 0 Å². The molecule has 6 heteroatoms. The van der Waals surface area contributed by atoms with Gasteiger partial charge in [0.1, 0.15) is 0 Å². The predicted octanol–water partition coefficient (Wildman–Crippen LogP) is 0.579. The summed E-state index contributed by atoms with van der Waals surface area (Å²) in [5.41, 5.74) is 4.88. The topological polar surface area (TPSA) is 73.7 Å². The minimum atomic E-state index is -0.0608. The zero-order valence-corrected chi connectivity index (χ0v) is 10.2. The standard InChI is InChI=1S/C11H18N6/c1-3-4-17-8-10(6-14-17)11(15-12)9-5-13-16(2)7-9/h5-8,11,15H,3-4,12H2,1-2H3. The van der Waals surface area contributed by atoms with E-state index < -0.39 is 0 Å². The van der Waals surface area contributed by atoms with Gasteiger partial charge < -0.3 is 0 Å². The molecule has 0 aliphatic heterocycles. The van der Waals surface area contributed by atoms with Crippen LogP contribution in [0, 0.1) is 0 Å². The van der Waals surface area contributed by atoms with Gasteiger partial charge in [0.2, 0.25) is 0 Å². The van der Waals surface area contributed by atoms with E-state index in [0.29, 0.717) is 0 Å². The second-order valence-corrected chi connectivity index (χ2v) is 4.08. The Morgan fingerprint density at radius 3 is 2.59 bits per heavy atom. The first-order valence-corrected chi connectivity index (χ1v) is 5.71. The lowest BCUT2D eigenvalue weighted by Crippen LogP contribution is -2.28. The molecule has 0 saturated heterocycles. The Labute approximate surface area is 100 Å². The summed E-state index contributed by atoms with van der Waals surface area (Å²) in [4.78, 5) is 0. The van der Waals surface area contributed by atoms with Crippen molar-refractivity contribution >= 4 is 0 Å². The summed E-state index contributed by atoms with van der Waals surface area (Å²) in [7, 11) is 1.89. The van der Waals surface area contributed by atoms with Crippen LogP contribution in [-0.2, 0) is 13.6 Å². The van der Waals surface area contributed by atoms with Crippen LogP contribution >= 0.6 is 0 Å². The second kappa shape index (κ2) is 5.11. The number of nitrogens with two attached hydrogens (primary N) is 1. The van der Waals surface area contributed by atoms with E-state index in [4.69, 9.17) is 5.84 Å². The predicted molar refractivity (Wildman–Crippen MR) is 64.9 cm³/mol. The van der Waals surface area contributed by atoms with Crippen molar-refractivity contribution in [1.29, 1.82) is 0 Å². The first-order valence-electron chi connectivity index (χ1n) is 5.71. The molecule has 2 rings (SSSR count). The Morgan fingerprint density at radius 1 is 1.29 bits per heavy atom. The van der Waals surface area contributed by atoms with Gasteiger partial charge in [0.25, 0.3) is 0 Å². The van der Waals surface area contributed by atoms with Gasteiger partial charge in [-0.2, -0.15) is 10.2 Å². The number of hydrogen-bond donors (Lipinski definition) is 2. The molecule has 0 aliphatic rings. The maximum Gasteiger partial charge on any atom is 0.0771 e. The van der Waals surface area contributed by atoms with Gasteiger partial charge in [0, 0.05) is 37.1 Å². The van der Waals surface area contributed by atoms with Crippen LogP contribution in [0.5, 0.6) is 0 Å². The first kappa shape index (κ1) is 11.8. The van der Waals surface area contributed by atoms with E-state index in [1.54, 1.807) is 4.68 Å². The summed E-state index contributed by atoms with van der Waals surface area (Å²) in [6.45, 7) is 3.05. The fourth-order valence-corrected chi connectivity index (χ4v) is 1.85. The summed E-state index contributed by atoms with van der Waals surface area (Å²) in [6.07, 6.45) is 8.67. The highest BCUT2D eigenvalue weighted by Crippen LogP contribution is 2.19. The molecule has 3 N–H and O–H groups in total. The number of nitrogens with one attached hydrogen (secondary N) is 1. The molecule has 0 spiro atoms. The van der Waals surface area contributed by atoms with Crippen molar-refractivity contribution in [2.75, 3.05) is 0 Å². The SMILES string of the molecule is CCCn1cc(C(NN)c2cnn(C)c2)cn1. The number of aromatic nitrogens is 4. The molecular weight excluding hydrogens is 216 g/mol. The Kier molecular flexibility index (Phi) is 3.55. The number of nitrogens with zero attached hydrogens (tertiary/aromatic N) is 4. The van der Waals surface area contributed by atoms with Crippen LogP contribution < -0.4 is 11.3 Å². The molecule has 0 radical (unpaired) electrons. The normalized spacial score (nSPS) is 12.9. The Balaban J connectivity index is 2.22. The number of hydrazine groups is 1. The summed E-state index contributed by atoms with van der Waals surface area (Å²) in [6, 6.07) is -0.0608. The Hall–Kier alpha value is -1.66. The molecule has 2 aromatic rings. The van der Waals surface area contributed by atoms with Crippen LogP contribution in [0.2, 0.25) is 0 Å².